The van der Waals surface area contributed by atoms with Crippen LogP contribution in [0.15, 0.2) is 52.3 Å². The molecule has 0 bridgehead atoms. The zero-order chi connectivity index (χ0) is 17.6. The number of hydrogen-bond donors (Lipinski definition) is 1. The topological polar surface area (TPSA) is 50.1 Å². The van der Waals surface area contributed by atoms with Gasteiger partial charge in [0, 0.05) is 18.2 Å². The van der Waals surface area contributed by atoms with Crippen LogP contribution in [0.2, 0.25) is 0 Å². The summed E-state index contributed by atoms with van der Waals surface area (Å²) in [6.07, 6.45) is 0.880. The van der Waals surface area contributed by atoms with Gasteiger partial charge in [0.1, 0.15) is 5.49 Å². The molecule has 0 unspecified atom stereocenters. The normalized spacial score (nSPS) is 13.5. The standard InChI is InChI=1S/C21H21N3O/c1-13-6-4-5-7-18(13)22-20-12-19-17-11-15(3)14(2)10-16(17)8-9-24(19)21(25)23-20/h4-7,10-12H,8-9H2,1-3H3,(H,22,23,25). The third kappa shape index (κ3) is 2.74. The molecule has 1 aromatic heterocycles. The van der Waals surface area contributed by atoms with Crippen molar-refractivity contribution in [2.24, 2.45) is 4.99 Å². The number of hydrogen-bond acceptors (Lipinski definition) is 2. The Morgan fingerprint density at radius 2 is 1.76 bits per heavy atom. The molecule has 1 aliphatic rings. The molecule has 4 nitrogen and oxygen atoms in total. The number of nitrogens with one attached hydrogen (secondary N) is 1. The molecule has 25 heavy (non-hydrogen) atoms. The molecule has 2 aromatic carbocycles. The first-order valence-corrected chi connectivity index (χ1v) is 8.58. The molecule has 1 aliphatic heterocycles. The fourth-order valence-corrected chi connectivity index (χ4v) is 3.41. The van der Waals surface area contributed by atoms with E-state index in [0.717, 1.165) is 28.9 Å². The van der Waals surface area contributed by atoms with E-state index in [1.165, 1.54) is 16.7 Å². The van der Waals surface area contributed by atoms with E-state index in [1.54, 1.807) is 0 Å². The van der Waals surface area contributed by atoms with Crippen molar-refractivity contribution in [3.63, 3.8) is 0 Å². The van der Waals surface area contributed by atoms with E-state index >= 15 is 0 Å². The number of aryl methyl sites for hydroxylation is 4. The van der Waals surface area contributed by atoms with Gasteiger partial charge in [-0.2, -0.15) is 0 Å². The number of aromatic amines is 1. The molecule has 2 heterocycles. The third-order valence-electron chi connectivity index (χ3n) is 5.00. The molecule has 0 saturated carbocycles. The van der Waals surface area contributed by atoms with Crippen LogP contribution in [0.5, 0.6) is 0 Å². The molecule has 4 rings (SSSR count). The fraction of sp³-hybridized carbons (Fsp3) is 0.238. The van der Waals surface area contributed by atoms with Crippen LogP contribution < -0.4 is 11.2 Å². The van der Waals surface area contributed by atoms with Crippen molar-refractivity contribution in [1.82, 2.24) is 9.55 Å². The van der Waals surface area contributed by atoms with Crippen molar-refractivity contribution >= 4 is 5.69 Å². The Morgan fingerprint density at radius 3 is 2.56 bits per heavy atom. The molecule has 0 spiro atoms. The largest absolute Gasteiger partial charge is 0.327 e. The summed E-state index contributed by atoms with van der Waals surface area (Å²) >= 11 is 0. The number of aromatic nitrogens is 2. The second-order valence-corrected chi connectivity index (χ2v) is 6.74. The number of para-hydroxylation sites is 1. The minimum absolute atomic E-state index is 0.103. The van der Waals surface area contributed by atoms with E-state index in [2.05, 4.69) is 36.0 Å². The second kappa shape index (κ2) is 5.88. The first-order valence-electron chi connectivity index (χ1n) is 8.58. The average Bonchev–Trinajstić information content (AvgIpc) is 2.58. The summed E-state index contributed by atoms with van der Waals surface area (Å²) in [5.74, 6) is 0. The first-order chi connectivity index (χ1) is 12.0. The summed E-state index contributed by atoms with van der Waals surface area (Å²) in [4.78, 5) is 20.1. The SMILES string of the molecule is Cc1cc2c(cc1C)-c1c/c(=N\c3ccccc3C)[nH]c(=O)n1CC2. The summed E-state index contributed by atoms with van der Waals surface area (Å²) in [7, 11) is 0. The minimum atomic E-state index is -0.103. The van der Waals surface area contributed by atoms with Crippen molar-refractivity contribution in [1.29, 1.82) is 0 Å². The lowest BCUT2D eigenvalue weighted by molar-refractivity contribution is 0.634. The minimum Gasteiger partial charge on any atom is -0.293 e. The molecule has 126 valence electrons. The fourth-order valence-electron chi connectivity index (χ4n) is 3.41. The lowest BCUT2D eigenvalue weighted by Crippen LogP contribution is -2.33. The number of H-pyrrole nitrogens is 1. The van der Waals surface area contributed by atoms with Gasteiger partial charge in [-0.15, -0.1) is 0 Å². The Bertz CT molecular complexity index is 1100. The maximum absolute atomic E-state index is 12.6. The van der Waals surface area contributed by atoms with E-state index in [4.69, 9.17) is 0 Å². The summed E-state index contributed by atoms with van der Waals surface area (Å²) in [6.45, 7) is 6.96. The molecule has 0 amide bonds. The number of nitrogens with zero attached hydrogens (tertiary/aromatic N) is 2. The number of fused-ring (bicyclic) bond motifs is 3. The van der Waals surface area contributed by atoms with Gasteiger partial charge >= 0.3 is 5.69 Å². The van der Waals surface area contributed by atoms with E-state index < -0.39 is 0 Å². The van der Waals surface area contributed by atoms with Crippen LogP contribution in [-0.2, 0) is 13.0 Å². The Morgan fingerprint density at radius 1 is 1.00 bits per heavy atom. The highest BCUT2D eigenvalue weighted by molar-refractivity contribution is 5.67. The lowest BCUT2D eigenvalue weighted by atomic mass is 9.93. The highest BCUT2D eigenvalue weighted by Crippen LogP contribution is 2.29. The van der Waals surface area contributed by atoms with Gasteiger partial charge in [-0.3, -0.25) is 9.55 Å². The zero-order valence-corrected chi connectivity index (χ0v) is 14.8. The van der Waals surface area contributed by atoms with Crippen LogP contribution in [0.25, 0.3) is 11.3 Å². The Balaban J connectivity index is 1.96. The Labute approximate surface area is 146 Å². The molecule has 0 aliphatic carbocycles. The van der Waals surface area contributed by atoms with Crippen LogP contribution in [-0.4, -0.2) is 9.55 Å². The summed E-state index contributed by atoms with van der Waals surface area (Å²) < 4.78 is 1.81. The molecular weight excluding hydrogens is 310 g/mol. The van der Waals surface area contributed by atoms with Crippen LogP contribution in [0.3, 0.4) is 0 Å². The predicted molar refractivity (Wildman–Crippen MR) is 100 cm³/mol. The number of benzene rings is 2. The van der Waals surface area contributed by atoms with Crippen molar-refractivity contribution in [2.45, 2.75) is 33.7 Å². The second-order valence-electron chi connectivity index (χ2n) is 6.74. The first kappa shape index (κ1) is 15.6. The highest BCUT2D eigenvalue weighted by Gasteiger charge is 2.18. The van der Waals surface area contributed by atoms with Crippen LogP contribution >= 0.6 is 0 Å². The quantitative estimate of drug-likeness (QED) is 0.728. The summed E-state index contributed by atoms with van der Waals surface area (Å²) in [5.41, 5.74) is 8.37. The van der Waals surface area contributed by atoms with Crippen LogP contribution in [0, 0.1) is 20.8 Å². The molecule has 1 N–H and O–H groups in total. The Hall–Kier alpha value is -2.88. The third-order valence-corrected chi connectivity index (χ3v) is 5.00. The molecule has 0 radical (unpaired) electrons. The van der Waals surface area contributed by atoms with E-state index in [-0.39, 0.29) is 5.69 Å². The van der Waals surface area contributed by atoms with Gasteiger partial charge in [0.2, 0.25) is 0 Å². The molecule has 3 aromatic rings. The van der Waals surface area contributed by atoms with Gasteiger partial charge in [0.05, 0.1) is 11.4 Å². The smallest absolute Gasteiger partial charge is 0.293 e. The van der Waals surface area contributed by atoms with Gasteiger partial charge < -0.3 is 0 Å². The molecule has 4 heteroatoms. The van der Waals surface area contributed by atoms with Crippen molar-refractivity contribution in [3.05, 3.63) is 80.7 Å². The Kier molecular flexibility index (Phi) is 3.68. The van der Waals surface area contributed by atoms with Crippen molar-refractivity contribution in [3.8, 4) is 11.3 Å². The summed E-state index contributed by atoms with van der Waals surface area (Å²) in [6, 6.07) is 14.3. The van der Waals surface area contributed by atoms with Gasteiger partial charge in [-0.25, -0.2) is 9.79 Å². The molecule has 0 atom stereocenters. The summed E-state index contributed by atoms with van der Waals surface area (Å²) in [5, 5.41) is 0. The van der Waals surface area contributed by atoms with E-state index in [0.29, 0.717) is 12.0 Å². The maximum Gasteiger partial charge on any atom is 0.327 e. The predicted octanol–water partition coefficient (Wildman–Crippen LogP) is 3.56. The molecule has 0 fully saturated rings. The van der Waals surface area contributed by atoms with Gasteiger partial charge in [-0.1, -0.05) is 24.3 Å². The average molecular weight is 331 g/mol. The van der Waals surface area contributed by atoms with Crippen LogP contribution in [0.4, 0.5) is 5.69 Å². The van der Waals surface area contributed by atoms with Crippen molar-refractivity contribution < 1.29 is 0 Å². The highest BCUT2D eigenvalue weighted by atomic mass is 16.1. The molecule has 0 saturated heterocycles. The van der Waals surface area contributed by atoms with Crippen molar-refractivity contribution in [2.75, 3.05) is 0 Å². The zero-order valence-electron chi connectivity index (χ0n) is 14.8. The van der Waals surface area contributed by atoms with Gasteiger partial charge in [0.15, 0.2) is 0 Å². The molecular formula is C21H21N3O. The van der Waals surface area contributed by atoms with Gasteiger partial charge in [-0.05, 0) is 61.6 Å². The maximum atomic E-state index is 12.6. The lowest BCUT2D eigenvalue weighted by Gasteiger charge is -2.22. The van der Waals surface area contributed by atoms with E-state index in [9.17, 15) is 4.79 Å². The van der Waals surface area contributed by atoms with Gasteiger partial charge in [0.25, 0.3) is 0 Å². The van der Waals surface area contributed by atoms with E-state index in [1.807, 2.05) is 41.8 Å². The van der Waals surface area contributed by atoms with Crippen LogP contribution in [0.1, 0.15) is 22.3 Å². The number of rotatable bonds is 1. The monoisotopic (exact) mass is 331 g/mol.